The molecule has 1 heterocycles. The minimum atomic E-state index is 0.131. The summed E-state index contributed by atoms with van der Waals surface area (Å²) < 4.78 is 0. The van der Waals surface area contributed by atoms with Crippen LogP contribution in [0.4, 0.5) is 0 Å². The zero-order chi connectivity index (χ0) is 12.3. The molecule has 94 valence electrons. The van der Waals surface area contributed by atoms with E-state index in [0.717, 1.165) is 25.9 Å². The Labute approximate surface area is 99.4 Å². The van der Waals surface area contributed by atoms with E-state index in [1.807, 2.05) is 18.7 Å². The first kappa shape index (κ1) is 13.5. The van der Waals surface area contributed by atoms with Gasteiger partial charge in [-0.25, -0.2) is 0 Å². The average molecular weight is 226 g/mol. The van der Waals surface area contributed by atoms with Crippen LogP contribution in [0, 0.1) is 17.8 Å². The molecule has 1 saturated heterocycles. The summed E-state index contributed by atoms with van der Waals surface area (Å²) in [5.74, 6) is 1.34. The Hall–Kier alpha value is -0.570. The van der Waals surface area contributed by atoms with Crippen molar-refractivity contribution in [3.63, 3.8) is 0 Å². The van der Waals surface area contributed by atoms with Crippen molar-refractivity contribution in [2.45, 2.75) is 46.6 Å². The fourth-order valence-electron chi connectivity index (χ4n) is 2.21. The molecule has 3 unspecified atom stereocenters. The average Bonchev–Trinajstić information content (AvgIpc) is 2.27. The van der Waals surface area contributed by atoms with Crippen molar-refractivity contribution < 1.29 is 4.79 Å². The third kappa shape index (κ3) is 3.21. The van der Waals surface area contributed by atoms with E-state index in [2.05, 4.69) is 13.8 Å². The molecule has 1 aliphatic rings. The highest BCUT2D eigenvalue weighted by molar-refractivity contribution is 5.78. The first-order chi connectivity index (χ1) is 7.43. The van der Waals surface area contributed by atoms with E-state index < -0.39 is 0 Å². The van der Waals surface area contributed by atoms with Crippen LogP contribution in [0.25, 0.3) is 0 Å². The number of nitrogens with two attached hydrogens (primary N) is 1. The molecule has 1 amide bonds. The largest absolute Gasteiger partial charge is 0.342 e. The van der Waals surface area contributed by atoms with Gasteiger partial charge in [-0.3, -0.25) is 4.79 Å². The number of hydrogen-bond donors (Lipinski definition) is 1. The third-order valence-electron chi connectivity index (χ3n) is 3.90. The van der Waals surface area contributed by atoms with Gasteiger partial charge in [0, 0.05) is 25.0 Å². The quantitative estimate of drug-likeness (QED) is 0.798. The van der Waals surface area contributed by atoms with Crippen LogP contribution < -0.4 is 5.73 Å². The van der Waals surface area contributed by atoms with Gasteiger partial charge < -0.3 is 10.6 Å². The second-order valence-corrected chi connectivity index (χ2v) is 5.58. The molecule has 0 aliphatic carbocycles. The van der Waals surface area contributed by atoms with Gasteiger partial charge in [-0.15, -0.1) is 0 Å². The number of nitrogens with zero attached hydrogens (tertiary/aromatic N) is 1. The van der Waals surface area contributed by atoms with Crippen LogP contribution in [0.1, 0.15) is 40.5 Å². The fraction of sp³-hybridized carbons (Fsp3) is 0.923. The molecule has 0 bridgehead atoms. The summed E-state index contributed by atoms with van der Waals surface area (Å²) in [5.41, 5.74) is 5.93. The molecule has 0 aromatic heterocycles. The third-order valence-corrected chi connectivity index (χ3v) is 3.90. The number of piperidine rings is 1. The minimum absolute atomic E-state index is 0.131. The Morgan fingerprint density at radius 1 is 1.31 bits per heavy atom. The number of carbonyl (C=O) groups excluding carboxylic acids is 1. The molecule has 0 aromatic carbocycles. The number of amides is 1. The zero-order valence-electron chi connectivity index (χ0n) is 11.1. The van der Waals surface area contributed by atoms with Crippen LogP contribution in [0.2, 0.25) is 0 Å². The molecule has 0 radical (unpaired) electrons. The maximum absolute atomic E-state index is 12.2. The number of hydrogen-bond acceptors (Lipinski definition) is 2. The SMILES string of the molecule is CC(C)C(C)C(=O)N1CCCC(C(C)N)C1. The summed E-state index contributed by atoms with van der Waals surface area (Å²) in [6.45, 7) is 10.1. The molecule has 3 atom stereocenters. The first-order valence-corrected chi connectivity index (χ1v) is 6.47. The molecule has 3 heteroatoms. The summed E-state index contributed by atoms with van der Waals surface area (Å²) in [6, 6.07) is 0.199. The van der Waals surface area contributed by atoms with Crippen molar-refractivity contribution >= 4 is 5.91 Å². The van der Waals surface area contributed by atoms with Gasteiger partial charge in [0.05, 0.1) is 0 Å². The van der Waals surface area contributed by atoms with E-state index in [9.17, 15) is 4.79 Å². The van der Waals surface area contributed by atoms with E-state index in [1.54, 1.807) is 0 Å². The Morgan fingerprint density at radius 2 is 1.94 bits per heavy atom. The van der Waals surface area contributed by atoms with E-state index in [4.69, 9.17) is 5.73 Å². The summed E-state index contributed by atoms with van der Waals surface area (Å²) in [5, 5.41) is 0. The van der Waals surface area contributed by atoms with Crippen LogP contribution >= 0.6 is 0 Å². The monoisotopic (exact) mass is 226 g/mol. The van der Waals surface area contributed by atoms with Gasteiger partial charge in [-0.1, -0.05) is 20.8 Å². The van der Waals surface area contributed by atoms with Crippen LogP contribution in [-0.2, 0) is 4.79 Å². The number of rotatable bonds is 3. The Balaban J connectivity index is 2.56. The molecule has 2 N–H and O–H groups in total. The first-order valence-electron chi connectivity index (χ1n) is 6.47. The lowest BCUT2D eigenvalue weighted by molar-refractivity contribution is -0.138. The van der Waals surface area contributed by atoms with Crippen LogP contribution in [-0.4, -0.2) is 29.9 Å². The predicted octanol–water partition coefficient (Wildman–Crippen LogP) is 1.86. The Morgan fingerprint density at radius 3 is 2.44 bits per heavy atom. The van der Waals surface area contributed by atoms with Crippen molar-refractivity contribution in [2.24, 2.45) is 23.5 Å². The van der Waals surface area contributed by atoms with Gasteiger partial charge in [0.15, 0.2) is 0 Å². The normalized spacial score (nSPS) is 25.6. The Bertz CT molecular complexity index is 238. The smallest absolute Gasteiger partial charge is 0.225 e. The van der Waals surface area contributed by atoms with Crippen molar-refractivity contribution in [1.29, 1.82) is 0 Å². The fourth-order valence-corrected chi connectivity index (χ4v) is 2.21. The summed E-state index contributed by atoms with van der Waals surface area (Å²) in [6.07, 6.45) is 2.26. The van der Waals surface area contributed by atoms with Crippen LogP contribution in [0.3, 0.4) is 0 Å². The Kier molecular flexibility index (Phi) is 4.78. The summed E-state index contributed by atoms with van der Waals surface area (Å²) in [7, 11) is 0. The van der Waals surface area contributed by atoms with Crippen LogP contribution in [0.5, 0.6) is 0 Å². The molecule has 1 aliphatic heterocycles. The van der Waals surface area contributed by atoms with E-state index >= 15 is 0 Å². The highest BCUT2D eigenvalue weighted by Crippen LogP contribution is 2.22. The van der Waals surface area contributed by atoms with E-state index in [-0.39, 0.29) is 12.0 Å². The second kappa shape index (κ2) is 5.67. The highest BCUT2D eigenvalue weighted by atomic mass is 16.2. The second-order valence-electron chi connectivity index (χ2n) is 5.58. The molecule has 1 rings (SSSR count). The van der Waals surface area contributed by atoms with E-state index in [0.29, 0.717) is 17.7 Å². The molecular formula is C13H26N2O. The van der Waals surface area contributed by atoms with Crippen molar-refractivity contribution in [2.75, 3.05) is 13.1 Å². The minimum Gasteiger partial charge on any atom is -0.342 e. The van der Waals surface area contributed by atoms with Gasteiger partial charge in [0.2, 0.25) is 5.91 Å². The molecule has 16 heavy (non-hydrogen) atoms. The number of carbonyl (C=O) groups is 1. The van der Waals surface area contributed by atoms with Crippen LogP contribution in [0.15, 0.2) is 0 Å². The lowest BCUT2D eigenvalue weighted by Crippen LogP contribution is -2.47. The van der Waals surface area contributed by atoms with Gasteiger partial charge in [0.25, 0.3) is 0 Å². The van der Waals surface area contributed by atoms with E-state index in [1.165, 1.54) is 0 Å². The van der Waals surface area contributed by atoms with Gasteiger partial charge in [-0.2, -0.15) is 0 Å². The zero-order valence-corrected chi connectivity index (χ0v) is 11.1. The van der Waals surface area contributed by atoms with Crippen molar-refractivity contribution in [3.8, 4) is 0 Å². The standard InChI is InChI=1S/C13H26N2O/c1-9(2)10(3)13(16)15-7-5-6-12(8-15)11(4)14/h9-12H,5-8,14H2,1-4H3. The van der Waals surface area contributed by atoms with Gasteiger partial charge in [-0.05, 0) is 31.6 Å². The molecule has 0 saturated carbocycles. The molecular weight excluding hydrogens is 200 g/mol. The summed E-state index contributed by atoms with van der Waals surface area (Å²) >= 11 is 0. The number of likely N-dealkylation sites (tertiary alicyclic amines) is 1. The van der Waals surface area contributed by atoms with Gasteiger partial charge in [0.1, 0.15) is 0 Å². The molecule has 1 fully saturated rings. The topological polar surface area (TPSA) is 46.3 Å². The van der Waals surface area contributed by atoms with Gasteiger partial charge >= 0.3 is 0 Å². The highest BCUT2D eigenvalue weighted by Gasteiger charge is 2.29. The maximum atomic E-state index is 12.2. The molecule has 0 aromatic rings. The predicted molar refractivity (Wildman–Crippen MR) is 67.0 cm³/mol. The summed E-state index contributed by atoms with van der Waals surface area (Å²) in [4.78, 5) is 14.2. The maximum Gasteiger partial charge on any atom is 0.225 e. The van der Waals surface area contributed by atoms with Crippen molar-refractivity contribution in [3.05, 3.63) is 0 Å². The van der Waals surface area contributed by atoms with Crippen molar-refractivity contribution in [1.82, 2.24) is 4.90 Å². The molecule has 3 nitrogen and oxygen atoms in total. The lowest BCUT2D eigenvalue weighted by Gasteiger charge is -2.36. The lowest BCUT2D eigenvalue weighted by atomic mass is 9.90. The molecule has 0 spiro atoms.